The summed E-state index contributed by atoms with van der Waals surface area (Å²) in [4.78, 5) is 2.11. The summed E-state index contributed by atoms with van der Waals surface area (Å²) in [5.74, 6) is 0. The summed E-state index contributed by atoms with van der Waals surface area (Å²) in [5.41, 5.74) is 16.6. The van der Waals surface area contributed by atoms with Crippen molar-refractivity contribution in [1.82, 2.24) is 15.6 Å². The van der Waals surface area contributed by atoms with E-state index in [1.165, 1.54) is 0 Å². The van der Waals surface area contributed by atoms with Gasteiger partial charge in [-0.05, 0) is 44.1 Å². The average molecular weight is 331 g/mol. The highest BCUT2D eigenvalue weighted by atomic mass is 35.5. The van der Waals surface area contributed by atoms with Gasteiger partial charge in [-0.25, -0.2) is 10.3 Å². The molecule has 6 N–H and O–H groups in total. The van der Waals surface area contributed by atoms with Crippen molar-refractivity contribution in [1.29, 1.82) is 0 Å². The van der Waals surface area contributed by atoms with E-state index in [4.69, 9.17) is 34.7 Å². The van der Waals surface area contributed by atoms with Crippen LogP contribution in [0.25, 0.3) is 0 Å². The third kappa shape index (κ3) is 3.12. The molecule has 1 aromatic carbocycles. The van der Waals surface area contributed by atoms with Gasteiger partial charge >= 0.3 is 0 Å². The highest BCUT2D eigenvalue weighted by Gasteiger charge is 2.40. The van der Waals surface area contributed by atoms with Gasteiger partial charge in [0, 0.05) is 16.1 Å². The van der Waals surface area contributed by atoms with Gasteiger partial charge in [0.1, 0.15) is 6.29 Å². The molecule has 0 bridgehead atoms. The maximum absolute atomic E-state index is 6.38. The van der Waals surface area contributed by atoms with Crippen LogP contribution in [0.3, 0.4) is 0 Å². The number of hydrogen-bond donors (Lipinski definition) is 4. The summed E-state index contributed by atoms with van der Waals surface area (Å²) >= 11 is 12.1. The fraction of sp³-hybridized carbons (Fsp3) is 0.538. The molecule has 8 heteroatoms. The molecule has 2 heterocycles. The van der Waals surface area contributed by atoms with E-state index in [0.29, 0.717) is 16.1 Å². The fourth-order valence-electron chi connectivity index (χ4n) is 3.04. The predicted molar refractivity (Wildman–Crippen MR) is 85.8 cm³/mol. The van der Waals surface area contributed by atoms with Crippen molar-refractivity contribution < 1.29 is 0 Å². The highest BCUT2D eigenvalue weighted by Crippen LogP contribution is 2.29. The number of rotatable bonds is 2. The molecule has 116 valence electrons. The standard InChI is InChI=1S/C13H20Cl2N6/c14-8-5-9(15)7-11(6-8)21-13(17)20(12(16)19-21)10-1-3-18-4-2-10/h5-7,10,12-13,18-19H,1-4,16-17H2. The average Bonchev–Trinajstić information content (AvgIpc) is 2.74. The molecule has 0 aromatic heterocycles. The first-order valence-corrected chi connectivity index (χ1v) is 7.82. The van der Waals surface area contributed by atoms with Crippen molar-refractivity contribution in [3.8, 4) is 0 Å². The molecule has 1 aromatic rings. The van der Waals surface area contributed by atoms with E-state index >= 15 is 0 Å². The van der Waals surface area contributed by atoms with Crippen LogP contribution in [0.4, 0.5) is 5.69 Å². The molecule has 6 nitrogen and oxygen atoms in total. The second kappa shape index (κ2) is 6.26. The van der Waals surface area contributed by atoms with Gasteiger partial charge < -0.3 is 11.1 Å². The van der Waals surface area contributed by atoms with Gasteiger partial charge in [0.15, 0.2) is 6.29 Å². The summed E-state index contributed by atoms with van der Waals surface area (Å²) in [6.45, 7) is 1.98. The normalized spacial score (nSPS) is 28.3. The summed E-state index contributed by atoms with van der Waals surface area (Å²) in [6.07, 6.45) is 1.40. The summed E-state index contributed by atoms with van der Waals surface area (Å²) < 4.78 is 0. The Kier molecular flexibility index (Phi) is 4.56. The van der Waals surface area contributed by atoms with E-state index in [0.717, 1.165) is 31.6 Å². The fourth-order valence-corrected chi connectivity index (χ4v) is 3.55. The summed E-state index contributed by atoms with van der Waals surface area (Å²) in [7, 11) is 0. The third-order valence-corrected chi connectivity index (χ3v) is 4.45. The zero-order valence-electron chi connectivity index (χ0n) is 11.6. The van der Waals surface area contributed by atoms with Crippen molar-refractivity contribution in [2.45, 2.75) is 31.5 Å². The van der Waals surface area contributed by atoms with Gasteiger partial charge in [-0.2, -0.15) is 0 Å². The van der Waals surface area contributed by atoms with Crippen LogP contribution in [-0.4, -0.2) is 36.6 Å². The number of hydrogen-bond acceptors (Lipinski definition) is 6. The molecule has 2 atom stereocenters. The molecular formula is C13H20Cl2N6. The Morgan fingerprint density at radius 1 is 1.05 bits per heavy atom. The molecule has 0 spiro atoms. The Morgan fingerprint density at radius 3 is 2.29 bits per heavy atom. The number of nitrogens with zero attached hydrogens (tertiary/aromatic N) is 2. The van der Waals surface area contributed by atoms with Crippen molar-refractivity contribution in [2.24, 2.45) is 11.5 Å². The van der Waals surface area contributed by atoms with Gasteiger partial charge in [0.25, 0.3) is 0 Å². The number of halogens is 2. The monoisotopic (exact) mass is 330 g/mol. The van der Waals surface area contributed by atoms with Crippen molar-refractivity contribution in [3.05, 3.63) is 28.2 Å². The minimum absolute atomic E-state index is 0.319. The number of nitrogens with two attached hydrogens (primary N) is 2. The second-order valence-electron chi connectivity index (χ2n) is 5.41. The topological polar surface area (TPSA) is 82.6 Å². The zero-order valence-corrected chi connectivity index (χ0v) is 13.1. The number of nitrogens with one attached hydrogen (secondary N) is 2. The van der Waals surface area contributed by atoms with Crippen LogP contribution < -0.4 is 27.2 Å². The quantitative estimate of drug-likeness (QED) is 0.643. The predicted octanol–water partition coefficient (Wildman–Crippen LogP) is 0.857. The van der Waals surface area contributed by atoms with E-state index < -0.39 is 0 Å². The van der Waals surface area contributed by atoms with Gasteiger partial charge in [0.05, 0.1) is 5.69 Å². The van der Waals surface area contributed by atoms with Crippen molar-refractivity contribution in [3.63, 3.8) is 0 Å². The lowest BCUT2D eigenvalue weighted by Gasteiger charge is -2.36. The molecule has 2 unspecified atom stereocenters. The Hall–Kier alpha value is -0.600. The van der Waals surface area contributed by atoms with Gasteiger partial charge in [-0.1, -0.05) is 23.2 Å². The minimum Gasteiger partial charge on any atom is -0.317 e. The van der Waals surface area contributed by atoms with Crippen LogP contribution in [0.15, 0.2) is 18.2 Å². The molecule has 0 saturated carbocycles. The Labute approximate surface area is 134 Å². The van der Waals surface area contributed by atoms with E-state index in [1.54, 1.807) is 6.07 Å². The second-order valence-corrected chi connectivity index (χ2v) is 6.29. The van der Waals surface area contributed by atoms with Crippen molar-refractivity contribution in [2.75, 3.05) is 18.1 Å². The molecule has 0 aliphatic carbocycles. The first-order chi connectivity index (χ1) is 10.1. The lowest BCUT2D eigenvalue weighted by Crippen LogP contribution is -2.56. The number of benzene rings is 1. The maximum atomic E-state index is 6.38. The van der Waals surface area contributed by atoms with Crippen LogP contribution in [0, 0.1) is 0 Å². The van der Waals surface area contributed by atoms with Crippen LogP contribution >= 0.6 is 23.2 Å². The van der Waals surface area contributed by atoms with Crippen molar-refractivity contribution >= 4 is 28.9 Å². The molecular weight excluding hydrogens is 311 g/mol. The number of hydrazine groups is 1. The first kappa shape index (κ1) is 15.3. The van der Waals surface area contributed by atoms with Crippen LogP contribution in [0.1, 0.15) is 12.8 Å². The van der Waals surface area contributed by atoms with E-state index in [2.05, 4.69) is 15.6 Å². The largest absolute Gasteiger partial charge is 0.317 e. The molecule has 2 aliphatic rings. The number of piperidine rings is 1. The third-order valence-electron chi connectivity index (χ3n) is 4.02. The Morgan fingerprint density at radius 2 is 1.67 bits per heavy atom. The van der Waals surface area contributed by atoms with Gasteiger partial charge in [-0.3, -0.25) is 10.7 Å². The molecule has 0 amide bonds. The molecule has 2 saturated heterocycles. The molecule has 2 aliphatic heterocycles. The van der Waals surface area contributed by atoms with Gasteiger partial charge in [-0.15, -0.1) is 0 Å². The van der Waals surface area contributed by atoms with E-state index in [-0.39, 0.29) is 12.6 Å². The highest BCUT2D eigenvalue weighted by molar-refractivity contribution is 6.35. The molecule has 2 fully saturated rings. The lowest BCUT2D eigenvalue weighted by atomic mass is 10.1. The summed E-state index contributed by atoms with van der Waals surface area (Å²) in [6, 6.07) is 5.69. The first-order valence-electron chi connectivity index (χ1n) is 7.07. The Balaban J connectivity index is 1.81. The molecule has 21 heavy (non-hydrogen) atoms. The smallest absolute Gasteiger partial charge is 0.151 e. The van der Waals surface area contributed by atoms with E-state index in [1.807, 2.05) is 17.1 Å². The zero-order chi connectivity index (χ0) is 15.0. The van der Waals surface area contributed by atoms with Crippen LogP contribution in [0.5, 0.6) is 0 Å². The van der Waals surface area contributed by atoms with Gasteiger partial charge in [0.2, 0.25) is 0 Å². The number of anilines is 1. The lowest BCUT2D eigenvalue weighted by molar-refractivity contribution is 0.104. The Bertz CT molecular complexity index is 487. The summed E-state index contributed by atoms with van der Waals surface area (Å²) in [5, 5.41) is 6.31. The maximum Gasteiger partial charge on any atom is 0.151 e. The minimum atomic E-state index is -0.349. The molecule has 0 radical (unpaired) electrons. The van der Waals surface area contributed by atoms with E-state index in [9.17, 15) is 0 Å². The van der Waals surface area contributed by atoms with Crippen LogP contribution in [0.2, 0.25) is 10.0 Å². The SMILES string of the molecule is NC1NN(c2cc(Cl)cc(Cl)c2)C(N)N1C1CCNCC1. The molecule has 3 rings (SSSR count). The van der Waals surface area contributed by atoms with Crippen LogP contribution in [-0.2, 0) is 0 Å².